The van der Waals surface area contributed by atoms with E-state index in [0.717, 1.165) is 6.42 Å². The van der Waals surface area contributed by atoms with Crippen molar-refractivity contribution < 1.29 is 14.3 Å². The molecule has 0 aliphatic heterocycles. The molecule has 0 spiro atoms. The van der Waals surface area contributed by atoms with E-state index in [4.69, 9.17) is 9.52 Å². The molecule has 1 heterocycles. The van der Waals surface area contributed by atoms with E-state index in [2.05, 4.69) is 11.9 Å². The first-order valence-electron chi connectivity index (χ1n) is 5.55. The van der Waals surface area contributed by atoms with Crippen LogP contribution in [0.1, 0.15) is 62.2 Å². The summed E-state index contributed by atoms with van der Waals surface area (Å²) in [5, 5.41) is 9.08. The molecule has 1 fully saturated rings. The smallest absolute Gasteiger partial charge is 0.373 e. The Labute approximate surface area is 94.7 Å². The van der Waals surface area contributed by atoms with Gasteiger partial charge in [-0.1, -0.05) is 27.7 Å². The van der Waals surface area contributed by atoms with E-state index in [1.807, 2.05) is 20.8 Å². The first-order valence-corrected chi connectivity index (χ1v) is 5.55. The van der Waals surface area contributed by atoms with Crippen LogP contribution in [0.2, 0.25) is 0 Å². The number of hydrogen-bond donors (Lipinski definition) is 1. The highest BCUT2D eigenvalue weighted by Gasteiger charge is 2.40. The maximum atomic E-state index is 11.1. The lowest BCUT2D eigenvalue weighted by Gasteiger charge is -2.14. The van der Waals surface area contributed by atoms with E-state index in [1.54, 1.807) is 0 Å². The molecule has 0 radical (unpaired) electrons. The summed E-state index contributed by atoms with van der Waals surface area (Å²) in [5.74, 6) is 0.440. The van der Waals surface area contributed by atoms with Crippen molar-refractivity contribution in [2.75, 3.05) is 0 Å². The molecule has 4 heteroatoms. The predicted molar refractivity (Wildman–Crippen MR) is 58.7 cm³/mol. The highest BCUT2D eigenvalue weighted by Crippen LogP contribution is 2.47. The summed E-state index contributed by atoms with van der Waals surface area (Å²) in [4.78, 5) is 15.4. The zero-order valence-corrected chi connectivity index (χ0v) is 10.1. The number of carbonyl (C=O) groups is 1. The van der Waals surface area contributed by atoms with Gasteiger partial charge in [0.15, 0.2) is 5.89 Å². The van der Waals surface area contributed by atoms with Crippen LogP contribution in [-0.4, -0.2) is 16.1 Å². The summed E-state index contributed by atoms with van der Waals surface area (Å²) < 4.78 is 5.39. The minimum Gasteiger partial charge on any atom is -0.475 e. The van der Waals surface area contributed by atoms with Crippen LogP contribution < -0.4 is 0 Å². The average molecular weight is 223 g/mol. The summed E-state index contributed by atoms with van der Waals surface area (Å²) in [6.45, 7) is 7.94. The SMILES string of the molecule is CC1CC1c1nc(C(C)(C)C)c(C(=O)O)o1. The third kappa shape index (κ3) is 1.84. The Bertz CT molecular complexity index is 428. The quantitative estimate of drug-likeness (QED) is 0.837. The van der Waals surface area contributed by atoms with Crippen molar-refractivity contribution in [2.45, 2.75) is 45.4 Å². The summed E-state index contributed by atoms with van der Waals surface area (Å²) in [6.07, 6.45) is 1.04. The van der Waals surface area contributed by atoms with E-state index in [9.17, 15) is 4.79 Å². The van der Waals surface area contributed by atoms with Gasteiger partial charge in [-0.25, -0.2) is 9.78 Å². The maximum Gasteiger partial charge on any atom is 0.373 e. The van der Waals surface area contributed by atoms with E-state index in [0.29, 0.717) is 23.4 Å². The second-order valence-electron chi connectivity index (χ2n) is 5.60. The number of carboxylic acids is 1. The van der Waals surface area contributed by atoms with Crippen molar-refractivity contribution in [3.63, 3.8) is 0 Å². The van der Waals surface area contributed by atoms with Gasteiger partial charge in [0, 0.05) is 11.3 Å². The molecule has 1 aliphatic rings. The third-order valence-electron chi connectivity index (χ3n) is 2.98. The largest absolute Gasteiger partial charge is 0.475 e. The summed E-state index contributed by atoms with van der Waals surface area (Å²) in [6, 6.07) is 0. The summed E-state index contributed by atoms with van der Waals surface area (Å²) in [7, 11) is 0. The van der Waals surface area contributed by atoms with Gasteiger partial charge in [-0.2, -0.15) is 0 Å². The fourth-order valence-electron chi connectivity index (χ4n) is 1.81. The van der Waals surface area contributed by atoms with Crippen molar-refractivity contribution in [3.8, 4) is 0 Å². The molecule has 2 atom stereocenters. The monoisotopic (exact) mass is 223 g/mol. The molecule has 1 aliphatic carbocycles. The minimum absolute atomic E-state index is 0.00148. The molecule has 0 saturated heterocycles. The molecule has 0 amide bonds. The highest BCUT2D eigenvalue weighted by atomic mass is 16.4. The lowest BCUT2D eigenvalue weighted by Crippen LogP contribution is -2.16. The molecule has 88 valence electrons. The van der Waals surface area contributed by atoms with E-state index >= 15 is 0 Å². The predicted octanol–water partition coefficient (Wildman–Crippen LogP) is 2.79. The number of aromatic nitrogens is 1. The third-order valence-corrected chi connectivity index (χ3v) is 2.98. The van der Waals surface area contributed by atoms with Gasteiger partial charge >= 0.3 is 5.97 Å². The number of aromatic carboxylic acids is 1. The second-order valence-corrected chi connectivity index (χ2v) is 5.60. The van der Waals surface area contributed by atoms with Gasteiger partial charge in [0.25, 0.3) is 0 Å². The zero-order chi connectivity index (χ0) is 12.1. The van der Waals surface area contributed by atoms with Crippen LogP contribution >= 0.6 is 0 Å². The first kappa shape index (κ1) is 11.2. The molecule has 1 N–H and O–H groups in total. The normalized spacial score (nSPS) is 24.5. The van der Waals surface area contributed by atoms with Crippen LogP contribution in [0, 0.1) is 5.92 Å². The van der Waals surface area contributed by atoms with Crippen molar-refractivity contribution in [1.82, 2.24) is 4.98 Å². The van der Waals surface area contributed by atoms with Crippen molar-refractivity contribution >= 4 is 5.97 Å². The number of oxazole rings is 1. The Morgan fingerprint density at radius 2 is 2.06 bits per heavy atom. The minimum atomic E-state index is -1.03. The van der Waals surface area contributed by atoms with E-state index < -0.39 is 5.97 Å². The molecule has 4 nitrogen and oxygen atoms in total. The molecular weight excluding hydrogens is 206 g/mol. The Hall–Kier alpha value is -1.32. The molecule has 1 aromatic rings. The molecular formula is C12H17NO3. The molecule has 1 aromatic heterocycles. The van der Waals surface area contributed by atoms with Gasteiger partial charge in [0.05, 0.1) is 5.69 Å². The summed E-state index contributed by atoms with van der Waals surface area (Å²) in [5.41, 5.74) is 0.252. The molecule has 2 rings (SSSR count). The van der Waals surface area contributed by atoms with Gasteiger partial charge in [-0.3, -0.25) is 0 Å². The molecule has 0 bridgehead atoms. The number of hydrogen-bond acceptors (Lipinski definition) is 3. The van der Waals surface area contributed by atoms with Gasteiger partial charge in [0.1, 0.15) is 0 Å². The topological polar surface area (TPSA) is 63.3 Å². The number of carboxylic acid groups (broad SMARTS) is 1. The van der Waals surface area contributed by atoms with Crippen LogP contribution in [0.15, 0.2) is 4.42 Å². The summed E-state index contributed by atoms with van der Waals surface area (Å²) >= 11 is 0. The van der Waals surface area contributed by atoms with Gasteiger partial charge in [-0.15, -0.1) is 0 Å². The zero-order valence-electron chi connectivity index (χ0n) is 10.1. The van der Waals surface area contributed by atoms with Crippen LogP contribution in [0.4, 0.5) is 0 Å². The molecule has 0 aromatic carbocycles. The van der Waals surface area contributed by atoms with Gasteiger partial charge < -0.3 is 9.52 Å². The van der Waals surface area contributed by atoms with E-state index in [1.165, 1.54) is 0 Å². The second kappa shape index (κ2) is 3.34. The Kier molecular flexibility index (Phi) is 2.33. The Morgan fingerprint density at radius 1 is 1.50 bits per heavy atom. The average Bonchev–Trinajstić information content (AvgIpc) is 2.70. The number of rotatable bonds is 2. The van der Waals surface area contributed by atoms with Crippen molar-refractivity contribution in [3.05, 3.63) is 17.3 Å². The van der Waals surface area contributed by atoms with Gasteiger partial charge in [0.2, 0.25) is 5.76 Å². The maximum absolute atomic E-state index is 11.1. The van der Waals surface area contributed by atoms with Gasteiger partial charge in [-0.05, 0) is 12.3 Å². The standard InChI is InChI=1S/C12H17NO3/c1-6-5-7(6)10-13-9(12(2,3)4)8(16-10)11(14)15/h6-7H,5H2,1-4H3,(H,14,15). The Balaban J connectivity index is 2.42. The molecule has 16 heavy (non-hydrogen) atoms. The van der Waals surface area contributed by atoms with Crippen molar-refractivity contribution in [1.29, 1.82) is 0 Å². The molecule has 1 saturated carbocycles. The number of nitrogens with zero attached hydrogens (tertiary/aromatic N) is 1. The van der Waals surface area contributed by atoms with Crippen LogP contribution in [0.3, 0.4) is 0 Å². The molecule has 2 unspecified atom stereocenters. The van der Waals surface area contributed by atoms with E-state index in [-0.39, 0.29) is 11.2 Å². The van der Waals surface area contributed by atoms with Crippen LogP contribution in [-0.2, 0) is 5.41 Å². The first-order chi connectivity index (χ1) is 7.30. The fourth-order valence-corrected chi connectivity index (χ4v) is 1.81. The van der Waals surface area contributed by atoms with Crippen LogP contribution in [0.5, 0.6) is 0 Å². The fraction of sp³-hybridized carbons (Fsp3) is 0.667. The highest BCUT2D eigenvalue weighted by molar-refractivity contribution is 5.86. The lowest BCUT2D eigenvalue weighted by atomic mass is 9.91. The van der Waals surface area contributed by atoms with Crippen LogP contribution in [0.25, 0.3) is 0 Å². The lowest BCUT2D eigenvalue weighted by molar-refractivity contribution is 0.0656. The Morgan fingerprint density at radius 3 is 2.38 bits per heavy atom. The van der Waals surface area contributed by atoms with Crippen molar-refractivity contribution in [2.24, 2.45) is 5.92 Å².